The van der Waals surface area contributed by atoms with Crippen molar-refractivity contribution < 1.29 is 17.6 Å². The summed E-state index contributed by atoms with van der Waals surface area (Å²) in [6, 6.07) is 17.1. The van der Waals surface area contributed by atoms with Crippen molar-refractivity contribution >= 4 is 9.64 Å². The van der Waals surface area contributed by atoms with Crippen molar-refractivity contribution in [2.75, 3.05) is 0 Å². The number of pyridine rings is 4. The summed E-state index contributed by atoms with van der Waals surface area (Å²) in [5, 5.41) is 0. The Hall–Kier alpha value is -4.05. The molecule has 0 saturated carbocycles. The molecule has 8 nitrogen and oxygen atoms in total. The van der Waals surface area contributed by atoms with E-state index in [4.69, 9.17) is 0 Å². The normalized spacial score (nSPS) is 11.5. The van der Waals surface area contributed by atoms with Crippen molar-refractivity contribution in [2.24, 2.45) is 0 Å². The van der Waals surface area contributed by atoms with Crippen molar-refractivity contribution in [3.8, 4) is 22.8 Å². The monoisotopic (exact) mass is 813 g/mol. The summed E-state index contributed by atoms with van der Waals surface area (Å²) in [5.74, 6) is 0. The Morgan fingerprint density at radius 1 is 0.587 bits per heavy atom. The van der Waals surface area contributed by atoms with Gasteiger partial charge in [0.1, 0.15) is 0 Å². The first-order chi connectivity index (χ1) is 22.3. The molecule has 0 saturated heterocycles. The minimum atomic E-state index is 0.467. The fourth-order valence-electron chi connectivity index (χ4n) is 4.74. The number of hydrogen-bond donors (Lipinski definition) is 0. The second-order valence-corrected chi connectivity index (χ2v) is 11.0. The van der Waals surface area contributed by atoms with Gasteiger partial charge in [-0.15, -0.1) is 0 Å². The molecule has 10 heteroatoms. The number of aryl methyl sites for hydroxylation is 4. The van der Waals surface area contributed by atoms with Crippen LogP contribution >= 0.6 is 9.64 Å². The van der Waals surface area contributed by atoms with E-state index in [1.807, 2.05) is 111 Å². The maximum absolute atomic E-state index is 4.67. The number of nitrogens with zero attached hydrogens (tertiary/aromatic N) is 8. The Morgan fingerprint density at radius 2 is 0.935 bits per heavy atom. The van der Waals surface area contributed by atoms with E-state index in [9.17, 15) is 0 Å². The maximum atomic E-state index is 4.67. The van der Waals surface area contributed by atoms with Gasteiger partial charge < -0.3 is 9.13 Å². The SMILES string of the molecule is CCC(CC(C)n1ccnc1)n1ccnc1.Cc1ccnc(-c2cc(C)ccn2)c1.Cc1ccnc(-c2cc(C)ccn2)c1.[Cl][Os]. The molecular formula is C36H42ClN8Os. The van der Waals surface area contributed by atoms with Gasteiger partial charge in [0, 0.05) is 61.7 Å². The molecular weight excluding hydrogens is 770 g/mol. The predicted molar refractivity (Wildman–Crippen MR) is 183 cm³/mol. The topological polar surface area (TPSA) is 87.2 Å². The second kappa shape index (κ2) is 19.5. The molecule has 6 aromatic heterocycles. The van der Waals surface area contributed by atoms with E-state index in [-0.39, 0.29) is 0 Å². The first-order valence-electron chi connectivity index (χ1n) is 15.1. The number of rotatable bonds is 7. The van der Waals surface area contributed by atoms with Gasteiger partial charge in [-0.05, 0) is 118 Å². The quantitative estimate of drug-likeness (QED) is 0.160. The molecule has 0 aliphatic rings. The van der Waals surface area contributed by atoms with Crippen LogP contribution in [0.25, 0.3) is 22.8 Å². The van der Waals surface area contributed by atoms with Crippen LogP contribution in [0, 0.1) is 27.7 Å². The van der Waals surface area contributed by atoms with Gasteiger partial charge in [-0.25, -0.2) is 9.97 Å². The molecule has 0 radical (unpaired) electrons. The standard InChI is InChI=1S/C12H18N4.2C12H12N2.ClH.Os/c1-3-12(16-7-5-14-10-16)8-11(2)15-6-4-13-9-15;2*1-9-3-5-13-11(7-9)12-8-10(2)4-6-14-12;;/h4-7,9-12H,3,8H2,1-2H3;2*3-8H,1-2H3;1H;/q;;;;+1/p-1. The fourth-order valence-corrected chi connectivity index (χ4v) is 4.74. The molecule has 2 atom stereocenters. The molecule has 0 fully saturated rings. The van der Waals surface area contributed by atoms with E-state index in [0.29, 0.717) is 12.1 Å². The van der Waals surface area contributed by atoms with Crippen LogP contribution in [-0.2, 0) is 17.6 Å². The van der Waals surface area contributed by atoms with Crippen LogP contribution in [0.4, 0.5) is 0 Å². The Labute approximate surface area is 287 Å². The number of halogens is 1. The van der Waals surface area contributed by atoms with Gasteiger partial charge in [0.25, 0.3) is 0 Å². The van der Waals surface area contributed by atoms with Gasteiger partial charge in [-0.1, -0.05) is 6.92 Å². The summed E-state index contributed by atoms with van der Waals surface area (Å²) >= 11 is 1.33. The van der Waals surface area contributed by atoms with Gasteiger partial charge in [-0.3, -0.25) is 19.9 Å². The van der Waals surface area contributed by atoms with E-state index in [0.717, 1.165) is 35.6 Å². The van der Waals surface area contributed by atoms with E-state index < -0.39 is 0 Å². The molecule has 0 aliphatic carbocycles. The second-order valence-electron chi connectivity index (χ2n) is 11.0. The fraction of sp³-hybridized carbons (Fsp3) is 0.278. The van der Waals surface area contributed by atoms with Gasteiger partial charge in [-0.2, -0.15) is 0 Å². The van der Waals surface area contributed by atoms with Crippen molar-refractivity contribution in [3.05, 3.63) is 133 Å². The minimum absolute atomic E-state index is 0.467. The van der Waals surface area contributed by atoms with E-state index in [1.165, 1.54) is 39.9 Å². The molecule has 0 aromatic carbocycles. The third-order valence-corrected chi connectivity index (χ3v) is 7.25. The van der Waals surface area contributed by atoms with E-state index in [2.05, 4.69) is 90.2 Å². The summed E-state index contributed by atoms with van der Waals surface area (Å²) in [6.45, 7) is 12.7. The molecule has 6 aromatic rings. The Kier molecular flexibility index (Phi) is 15.4. The van der Waals surface area contributed by atoms with Gasteiger partial charge in [0.15, 0.2) is 0 Å². The van der Waals surface area contributed by atoms with Crippen LogP contribution in [0.1, 0.15) is 61.0 Å². The summed E-state index contributed by atoms with van der Waals surface area (Å²) in [5.41, 5.74) is 8.58. The van der Waals surface area contributed by atoms with Crippen LogP contribution in [0.5, 0.6) is 0 Å². The van der Waals surface area contributed by atoms with Crippen molar-refractivity contribution in [2.45, 2.75) is 66.5 Å². The molecule has 6 heterocycles. The van der Waals surface area contributed by atoms with Crippen LogP contribution in [-0.4, -0.2) is 39.0 Å². The van der Waals surface area contributed by atoms with Crippen LogP contribution in [0.15, 0.2) is 111 Å². The zero-order chi connectivity index (χ0) is 33.3. The number of aromatic nitrogens is 8. The summed E-state index contributed by atoms with van der Waals surface area (Å²) in [4.78, 5) is 25.3. The molecule has 0 aliphatic heterocycles. The number of hydrogen-bond acceptors (Lipinski definition) is 6. The number of imidazole rings is 2. The average Bonchev–Trinajstić information content (AvgIpc) is 3.81. The molecule has 2 unspecified atom stereocenters. The Balaban J connectivity index is 0.000000183. The molecule has 0 amide bonds. The molecule has 0 spiro atoms. The van der Waals surface area contributed by atoms with Crippen LogP contribution in [0.2, 0.25) is 0 Å². The predicted octanol–water partition coefficient (Wildman–Crippen LogP) is 8.89. The Bertz CT molecular complexity index is 1530. The van der Waals surface area contributed by atoms with Crippen LogP contribution in [0.3, 0.4) is 0 Å². The molecule has 46 heavy (non-hydrogen) atoms. The molecule has 0 N–H and O–H groups in total. The van der Waals surface area contributed by atoms with Crippen molar-refractivity contribution in [3.63, 3.8) is 0 Å². The van der Waals surface area contributed by atoms with Crippen molar-refractivity contribution in [1.29, 1.82) is 0 Å². The van der Waals surface area contributed by atoms with Crippen molar-refractivity contribution in [1.82, 2.24) is 39.0 Å². The van der Waals surface area contributed by atoms with Gasteiger partial charge in [0.2, 0.25) is 0 Å². The Morgan fingerprint density at radius 3 is 1.22 bits per heavy atom. The summed E-state index contributed by atoms with van der Waals surface area (Å²) in [7, 11) is 4.67. The summed E-state index contributed by atoms with van der Waals surface area (Å²) < 4.78 is 4.34. The third-order valence-electron chi connectivity index (χ3n) is 7.25. The van der Waals surface area contributed by atoms with Crippen LogP contribution < -0.4 is 0 Å². The zero-order valence-corrected chi connectivity index (χ0v) is 30.6. The molecule has 0 bridgehead atoms. The van der Waals surface area contributed by atoms with Gasteiger partial charge >= 0.3 is 27.2 Å². The van der Waals surface area contributed by atoms with E-state index in [1.54, 1.807) is 0 Å². The molecule has 241 valence electrons. The summed E-state index contributed by atoms with van der Waals surface area (Å²) in [6.07, 6.45) is 21.0. The third kappa shape index (κ3) is 11.7. The first-order valence-corrected chi connectivity index (χ1v) is 18.3. The first kappa shape index (κ1) is 36.4. The van der Waals surface area contributed by atoms with E-state index >= 15 is 0 Å². The average molecular weight is 812 g/mol. The zero-order valence-electron chi connectivity index (χ0n) is 27.3. The molecule has 6 rings (SSSR count). The van der Waals surface area contributed by atoms with Gasteiger partial charge in [0.05, 0.1) is 35.4 Å².